The molecule has 0 aliphatic rings. The van der Waals surface area contributed by atoms with Crippen molar-refractivity contribution in [2.24, 2.45) is 5.92 Å². The monoisotopic (exact) mass is 348 g/mol. The zero-order chi connectivity index (χ0) is 14.6. The first-order valence-corrected chi connectivity index (χ1v) is 8.57. The van der Waals surface area contributed by atoms with Crippen LogP contribution in [0.25, 0.3) is 0 Å². The smallest absolute Gasteiger partial charge is 0.242 e. The molecule has 0 aliphatic carbocycles. The Hall–Kier alpha value is -0.590. The Balaban J connectivity index is 2.83. The van der Waals surface area contributed by atoms with Gasteiger partial charge in [0.05, 0.1) is 4.90 Å². The third kappa shape index (κ3) is 5.12. The van der Waals surface area contributed by atoms with Gasteiger partial charge in [0.1, 0.15) is 0 Å². The van der Waals surface area contributed by atoms with Crippen molar-refractivity contribution in [2.75, 3.05) is 5.73 Å². The molecule has 0 amide bonds. The van der Waals surface area contributed by atoms with Crippen molar-refractivity contribution in [3.63, 3.8) is 0 Å². The Morgan fingerprint density at radius 3 is 2.47 bits per heavy atom. The quantitative estimate of drug-likeness (QED) is 0.775. The SMILES string of the molecule is CC(C)CCC(C)NS(=O)(=O)c1cc(N)ccc1Br. The van der Waals surface area contributed by atoms with Gasteiger partial charge in [-0.3, -0.25) is 0 Å². The van der Waals surface area contributed by atoms with Crippen molar-refractivity contribution in [3.05, 3.63) is 22.7 Å². The molecule has 0 radical (unpaired) electrons. The molecular weight excluding hydrogens is 328 g/mol. The molecule has 0 bridgehead atoms. The van der Waals surface area contributed by atoms with Gasteiger partial charge in [-0.05, 0) is 59.8 Å². The molecule has 1 unspecified atom stereocenters. The molecule has 1 rings (SSSR count). The molecule has 6 heteroatoms. The highest BCUT2D eigenvalue weighted by Gasteiger charge is 2.20. The largest absolute Gasteiger partial charge is 0.399 e. The summed E-state index contributed by atoms with van der Waals surface area (Å²) in [7, 11) is -3.54. The van der Waals surface area contributed by atoms with Crippen molar-refractivity contribution in [1.82, 2.24) is 4.72 Å². The van der Waals surface area contributed by atoms with Crippen LogP contribution in [0.3, 0.4) is 0 Å². The lowest BCUT2D eigenvalue weighted by Crippen LogP contribution is -2.33. The molecule has 0 saturated heterocycles. The Kier molecular flexibility index (Phi) is 5.82. The lowest BCUT2D eigenvalue weighted by Gasteiger charge is -2.16. The molecule has 3 N–H and O–H groups in total. The number of nitrogen functional groups attached to an aromatic ring is 1. The minimum atomic E-state index is -3.54. The zero-order valence-corrected chi connectivity index (χ0v) is 13.9. The first-order valence-electron chi connectivity index (χ1n) is 6.29. The summed E-state index contributed by atoms with van der Waals surface area (Å²) >= 11 is 3.24. The number of rotatable bonds is 6. The molecule has 0 spiro atoms. The fourth-order valence-corrected chi connectivity index (χ4v) is 3.97. The standard InChI is InChI=1S/C13H21BrN2O2S/c1-9(2)4-5-10(3)16-19(17,18)13-8-11(15)6-7-12(13)14/h6-10,16H,4-5,15H2,1-3H3. The Morgan fingerprint density at radius 2 is 1.89 bits per heavy atom. The molecule has 0 heterocycles. The van der Waals surface area contributed by atoms with Gasteiger partial charge in [-0.2, -0.15) is 0 Å². The second kappa shape index (κ2) is 6.72. The van der Waals surface area contributed by atoms with Gasteiger partial charge in [0.2, 0.25) is 10.0 Å². The Morgan fingerprint density at radius 1 is 1.26 bits per heavy atom. The van der Waals surface area contributed by atoms with E-state index in [-0.39, 0.29) is 10.9 Å². The first-order chi connectivity index (χ1) is 8.72. The third-order valence-electron chi connectivity index (χ3n) is 2.78. The van der Waals surface area contributed by atoms with E-state index in [1.165, 1.54) is 6.07 Å². The number of nitrogens with one attached hydrogen (secondary N) is 1. The van der Waals surface area contributed by atoms with E-state index in [1.54, 1.807) is 12.1 Å². The molecule has 1 atom stereocenters. The fourth-order valence-electron chi connectivity index (χ4n) is 1.70. The Labute approximate surface area is 124 Å². The van der Waals surface area contributed by atoms with Crippen molar-refractivity contribution >= 4 is 31.6 Å². The minimum Gasteiger partial charge on any atom is -0.399 e. The summed E-state index contributed by atoms with van der Waals surface area (Å²) in [5.74, 6) is 0.561. The van der Waals surface area contributed by atoms with E-state index >= 15 is 0 Å². The van der Waals surface area contributed by atoms with Gasteiger partial charge in [0, 0.05) is 16.2 Å². The average molecular weight is 349 g/mol. The summed E-state index contributed by atoms with van der Waals surface area (Å²) in [6, 6.07) is 4.66. The second-order valence-electron chi connectivity index (χ2n) is 5.18. The summed E-state index contributed by atoms with van der Waals surface area (Å²) < 4.78 is 27.7. The normalized spacial score (nSPS) is 13.7. The van der Waals surface area contributed by atoms with Crippen LogP contribution in [0.15, 0.2) is 27.6 Å². The van der Waals surface area contributed by atoms with E-state index in [9.17, 15) is 8.42 Å². The molecule has 0 saturated carbocycles. The summed E-state index contributed by atoms with van der Waals surface area (Å²) in [5.41, 5.74) is 6.07. The van der Waals surface area contributed by atoms with Crippen LogP contribution in [0.2, 0.25) is 0 Å². The van der Waals surface area contributed by atoms with E-state index < -0.39 is 10.0 Å². The van der Waals surface area contributed by atoms with Crippen LogP contribution in [-0.2, 0) is 10.0 Å². The lowest BCUT2D eigenvalue weighted by molar-refractivity contribution is 0.485. The molecule has 1 aromatic rings. The molecule has 19 heavy (non-hydrogen) atoms. The average Bonchev–Trinajstić information content (AvgIpc) is 2.29. The topological polar surface area (TPSA) is 72.2 Å². The number of hydrogen-bond acceptors (Lipinski definition) is 3. The van der Waals surface area contributed by atoms with Crippen molar-refractivity contribution in [2.45, 2.75) is 44.6 Å². The van der Waals surface area contributed by atoms with E-state index in [0.717, 1.165) is 12.8 Å². The zero-order valence-electron chi connectivity index (χ0n) is 11.5. The van der Waals surface area contributed by atoms with Crippen LogP contribution in [0.4, 0.5) is 5.69 Å². The van der Waals surface area contributed by atoms with Gasteiger partial charge in [-0.15, -0.1) is 0 Å². The highest BCUT2D eigenvalue weighted by Crippen LogP contribution is 2.24. The minimum absolute atomic E-state index is 0.0965. The van der Waals surface area contributed by atoms with Gasteiger partial charge < -0.3 is 5.73 Å². The predicted octanol–water partition coefficient (Wildman–Crippen LogP) is 3.13. The Bertz CT molecular complexity index is 529. The summed E-state index contributed by atoms with van der Waals surface area (Å²) in [6.07, 6.45) is 1.80. The predicted molar refractivity (Wildman–Crippen MR) is 82.4 cm³/mol. The van der Waals surface area contributed by atoms with Crippen LogP contribution >= 0.6 is 15.9 Å². The molecule has 1 aromatic carbocycles. The molecule has 0 fully saturated rings. The van der Waals surface area contributed by atoms with Crippen LogP contribution in [-0.4, -0.2) is 14.5 Å². The van der Waals surface area contributed by atoms with Crippen LogP contribution in [0, 0.1) is 5.92 Å². The van der Waals surface area contributed by atoms with Gasteiger partial charge >= 0.3 is 0 Å². The fraction of sp³-hybridized carbons (Fsp3) is 0.538. The molecular formula is C13H21BrN2O2S. The van der Waals surface area contributed by atoms with Gasteiger partial charge in [0.15, 0.2) is 0 Å². The van der Waals surface area contributed by atoms with Crippen molar-refractivity contribution in [3.8, 4) is 0 Å². The number of nitrogens with two attached hydrogens (primary N) is 1. The highest BCUT2D eigenvalue weighted by molar-refractivity contribution is 9.10. The van der Waals surface area contributed by atoms with Crippen LogP contribution < -0.4 is 10.5 Å². The summed E-state index contributed by atoms with van der Waals surface area (Å²) in [4.78, 5) is 0.184. The number of anilines is 1. The van der Waals surface area contributed by atoms with E-state index in [1.807, 2.05) is 6.92 Å². The highest BCUT2D eigenvalue weighted by atomic mass is 79.9. The number of benzene rings is 1. The number of hydrogen-bond donors (Lipinski definition) is 2. The lowest BCUT2D eigenvalue weighted by atomic mass is 10.1. The maximum atomic E-state index is 12.3. The van der Waals surface area contributed by atoms with Crippen LogP contribution in [0.5, 0.6) is 0 Å². The van der Waals surface area contributed by atoms with Gasteiger partial charge in [-0.1, -0.05) is 13.8 Å². The number of sulfonamides is 1. The van der Waals surface area contributed by atoms with Gasteiger partial charge in [0.25, 0.3) is 0 Å². The molecule has 0 aromatic heterocycles. The maximum Gasteiger partial charge on any atom is 0.242 e. The van der Waals surface area contributed by atoms with Crippen molar-refractivity contribution in [1.29, 1.82) is 0 Å². The first kappa shape index (κ1) is 16.5. The van der Waals surface area contributed by atoms with Gasteiger partial charge in [-0.25, -0.2) is 13.1 Å². The van der Waals surface area contributed by atoms with E-state index in [0.29, 0.717) is 16.1 Å². The summed E-state index contributed by atoms with van der Waals surface area (Å²) in [6.45, 7) is 6.12. The third-order valence-corrected chi connectivity index (χ3v) is 5.36. The molecule has 4 nitrogen and oxygen atoms in total. The number of halogens is 1. The maximum absolute atomic E-state index is 12.3. The second-order valence-corrected chi connectivity index (χ2v) is 7.72. The van der Waals surface area contributed by atoms with E-state index in [4.69, 9.17) is 5.73 Å². The summed E-state index contributed by atoms with van der Waals surface area (Å²) in [5, 5.41) is 0. The molecule has 0 aliphatic heterocycles. The van der Waals surface area contributed by atoms with Crippen molar-refractivity contribution < 1.29 is 8.42 Å². The molecule has 108 valence electrons. The van der Waals surface area contributed by atoms with E-state index in [2.05, 4.69) is 34.5 Å². The van der Waals surface area contributed by atoms with Crippen LogP contribution in [0.1, 0.15) is 33.6 Å².